The molecule has 1 amide bonds. The number of likely N-dealkylation sites (tertiary alicyclic amines) is 1. The van der Waals surface area contributed by atoms with E-state index < -0.39 is 0 Å². The maximum Gasteiger partial charge on any atom is 0.251 e. The monoisotopic (exact) mass is 535 g/mol. The van der Waals surface area contributed by atoms with E-state index in [0.717, 1.165) is 89.5 Å². The molecule has 3 saturated heterocycles. The Morgan fingerprint density at radius 2 is 1.77 bits per heavy atom. The van der Waals surface area contributed by atoms with Crippen LogP contribution in [0, 0.1) is 11.8 Å². The normalized spacial score (nSPS) is 28.4. The quantitative estimate of drug-likeness (QED) is 0.245. The van der Waals surface area contributed by atoms with Crippen LogP contribution in [-0.2, 0) is 9.53 Å². The van der Waals surface area contributed by atoms with Crippen molar-refractivity contribution in [1.82, 2.24) is 20.0 Å². The average molecular weight is 536 g/mol. The zero-order valence-corrected chi connectivity index (χ0v) is 21.5. The van der Waals surface area contributed by atoms with Gasteiger partial charge in [0.1, 0.15) is 6.10 Å². The van der Waals surface area contributed by atoms with Gasteiger partial charge in [-0.15, -0.1) is 24.0 Å². The molecule has 0 aromatic heterocycles. The summed E-state index contributed by atoms with van der Waals surface area (Å²) < 4.78 is 5.56. The lowest BCUT2D eigenvalue weighted by molar-refractivity contribution is -0.142. The SMILES string of the molecule is CCNC(=NCCCN1CC(C)CC(C)C1)N1CCN(C(=O)C2CCCO2)CC1.I. The van der Waals surface area contributed by atoms with Crippen molar-refractivity contribution in [2.75, 3.05) is 65.5 Å². The van der Waals surface area contributed by atoms with Crippen molar-refractivity contribution in [2.45, 2.75) is 52.6 Å². The van der Waals surface area contributed by atoms with Crippen LogP contribution < -0.4 is 5.32 Å². The first-order valence-corrected chi connectivity index (χ1v) is 11.7. The van der Waals surface area contributed by atoms with E-state index in [0.29, 0.717) is 0 Å². The van der Waals surface area contributed by atoms with E-state index in [9.17, 15) is 4.79 Å². The summed E-state index contributed by atoms with van der Waals surface area (Å²) in [5.74, 6) is 2.80. The zero-order valence-electron chi connectivity index (χ0n) is 19.1. The standard InChI is InChI=1S/C22H41N5O2.HI/c1-4-23-22(24-8-6-9-25-16-18(2)15-19(3)17-25)27-12-10-26(11-13-27)21(28)20-7-5-14-29-20;/h18-20H,4-17H2,1-3H3,(H,23,24);1H. The molecule has 3 atom stereocenters. The number of ether oxygens (including phenoxy) is 1. The third-order valence-electron chi connectivity index (χ3n) is 6.27. The Hall–Kier alpha value is -0.610. The van der Waals surface area contributed by atoms with Crippen LogP contribution in [0.4, 0.5) is 0 Å². The lowest BCUT2D eigenvalue weighted by atomic mass is 9.92. The van der Waals surface area contributed by atoms with Gasteiger partial charge in [-0.3, -0.25) is 9.79 Å². The highest BCUT2D eigenvalue weighted by Crippen LogP contribution is 2.21. The minimum atomic E-state index is -0.205. The third-order valence-corrected chi connectivity index (χ3v) is 6.27. The molecule has 3 aliphatic heterocycles. The van der Waals surface area contributed by atoms with Gasteiger partial charge >= 0.3 is 0 Å². The fraction of sp³-hybridized carbons (Fsp3) is 0.909. The molecule has 0 bridgehead atoms. The van der Waals surface area contributed by atoms with Crippen molar-refractivity contribution in [2.24, 2.45) is 16.8 Å². The number of carbonyl (C=O) groups is 1. The molecule has 0 aromatic rings. The van der Waals surface area contributed by atoms with Crippen LogP contribution in [-0.4, -0.2) is 98.2 Å². The molecule has 174 valence electrons. The molecular formula is C22H42IN5O2. The average Bonchev–Trinajstić information content (AvgIpc) is 3.24. The first kappa shape index (κ1) is 25.6. The Kier molecular flexibility index (Phi) is 11.2. The number of piperazine rings is 1. The summed E-state index contributed by atoms with van der Waals surface area (Å²) in [6.45, 7) is 16.1. The van der Waals surface area contributed by atoms with Crippen LogP contribution in [0.15, 0.2) is 4.99 Å². The molecule has 1 N–H and O–H groups in total. The predicted octanol–water partition coefficient (Wildman–Crippen LogP) is 2.26. The second kappa shape index (κ2) is 13.1. The number of amides is 1. The van der Waals surface area contributed by atoms with Gasteiger partial charge in [-0.2, -0.15) is 0 Å². The van der Waals surface area contributed by atoms with Crippen LogP contribution >= 0.6 is 24.0 Å². The Labute approximate surface area is 200 Å². The Bertz CT molecular complexity index is 538. The van der Waals surface area contributed by atoms with Gasteiger partial charge in [-0.25, -0.2) is 0 Å². The zero-order chi connectivity index (χ0) is 20.6. The van der Waals surface area contributed by atoms with Crippen molar-refractivity contribution < 1.29 is 9.53 Å². The highest BCUT2D eigenvalue weighted by molar-refractivity contribution is 14.0. The van der Waals surface area contributed by atoms with Crippen LogP contribution in [0.1, 0.15) is 46.5 Å². The van der Waals surface area contributed by atoms with Crippen molar-refractivity contribution in [3.05, 3.63) is 0 Å². The number of nitrogens with one attached hydrogen (secondary N) is 1. The summed E-state index contributed by atoms with van der Waals surface area (Å²) in [6, 6.07) is 0. The second-order valence-corrected chi connectivity index (χ2v) is 9.11. The number of aliphatic imine (C=N–C) groups is 1. The molecule has 0 spiro atoms. The third kappa shape index (κ3) is 7.51. The Morgan fingerprint density at radius 3 is 2.37 bits per heavy atom. The summed E-state index contributed by atoms with van der Waals surface area (Å²) in [4.78, 5) is 24.3. The summed E-state index contributed by atoms with van der Waals surface area (Å²) in [6.07, 6.45) is 4.14. The molecular weight excluding hydrogens is 493 g/mol. The van der Waals surface area contributed by atoms with Gasteiger partial charge in [-0.1, -0.05) is 13.8 Å². The van der Waals surface area contributed by atoms with Gasteiger partial charge in [0.15, 0.2) is 5.96 Å². The maximum atomic E-state index is 12.5. The first-order chi connectivity index (χ1) is 14.1. The van der Waals surface area contributed by atoms with E-state index in [1.165, 1.54) is 19.5 Å². The Morgan fingerprint density at radius 1 is 1.10 bits per heavy atom. The predicted molar refractivity (Wildman–Crippen MR) is 133 cm³/mol. The minimum absolute atomic E-state index is 0. The fourth-order valence-corrected chi connectivity index (χ4v) is 4.99. The van der Waals surface area contributed by atoms with Gasteiger partial charge in [-0.05, 0) is 51.0 Å². The van der Waals surface area contributed by atoms with Crippen molar-refractivity contribution in [1.29, 1.82) is 0 Å². The van der Waals surface area contributed by atoms with Crippen LogP contribution in [0.3, 0.4) is 0 Å². The lowest BCUT2D eigenvalue weighted by Crippen LogP contribution is -2.55. The highest BCUT2D eigenvalue weighted by atomic mass is 127. The molecule has 3 heterocycles. The number of carbonyl (C=O) groups excluding carboxylic acids is 1. The van der Waals surface area contributed by atoms with Crippen molar-refractivity contribution in [3.63, 3.8) is 0 Å². The van der Waals surface area contributed by atoms with E-state index in [2.05, 4.69) is 35.9 Å². The molecule has 0 aromatic carbocycles. The van der Waals surface area contributed by atoms with E-state index in [1.807, 2.05) is 4.90 Å². The number of nitrogens with zero attached hydrogens (tertiary/aromatic N) is 4. The molecule has 3 unspecified atom stereocenters. The van der Waals surface area contributed by atoms with Gasteiger partial charge in [0, 0.05) is 59.0 Å². The molecule has 8 heteroatoms. The van der Waals surface area contributed by atoms with Crippen molar-refractivity contribution in [3.8, 4) is 0 Å². The molecule has 30 heavy (non-hydrogen) atoms. The lowest BCUT2D eigenvalue weighted by Gasteiger charge is -2.37. The topological polar surface area (TPSA) is 60.4 Å². The Balaban J connectivity index is 0.00000320. The van der Waals surface area contributed by atoms with E-state index in [1.54, 1.807) is 0 Å². The largest absolute Gasteiger partial charge is 0.368 e. The number of hydrogen-bond acceptors (Lipinski definition) is 4. The summed E-state index contributed by atoms with van der Waals surface area (Å²) in [5, 5.41) is 3.44. The van der Waals surface area contributed by atoms with Gasteiger partial charge in [0.25, 0.3) is 5.91 Å². The molecule has 7 nitrogen and oxygen atoms in total. The molecule has 3 rings (SSSR count). The summed E-state index contributed by atoms with van der Waals surface area (Å²) >= 11 is 0. The van der Waals surface area contributed by atoms with Crippen molar-refractivity contribution >= 4 is 35.8 Å². The number of halogens is 1. The molecule has 0 radical (unpaired) electrons. The van der Waals surface area contributed by atoms with Crippen LogP contribution in [0.2, 0.25) is 0 Å². The fourth-order valence-electron chi connectivity index (χ4n) is 4.99. The summed E-state index contributed by atoms with van der Waals surface area (Å²) in [7, 11) is 0. The van der Waals surface area contributed by atoms with Gasteiger partial charge in [0.05, 0.1) is 0 Å². The smallest absolute Gasteiger partial charge is 0.251 e. The van der Waals surface area contributed by atoms with Crippen LogP contribution in [0.25, 0.3) is 0 Å². The number of hydrogen-bond donors (Lipinski definition) is 1. The molecule has 3 fully saturated rings. The highest BCUT2D eigenvalue weighted by Gasteiger charge is 2.31. The number of rotatable bonds is 6. The number of piperidine rings is 1. The first-order valence-electron chi connectivity index (χ1n) is 11.7. The van der Waals surface area contributed by atoms with Gasteiger partial charge in [0.2, 0.25) is 0 Å². The molecule has 3 aliphatic rings. The molecule has 0 saturated carbocycles. The minimum Gasteiger partial charge on any atom is -0.368 e. The second-order valence-electron chi connectivity index (χ2n) is 9.11. The van der Waals surface area contributed by atoms with Gasteiger partial charge < -0.3 is 24.8 Å². The summed E-state index contributed by atoms with van der Waals surface area (Å²) in [5.41, 5.74) is 0. The number of guanidine groups is 1. The van der Waals surface area contributed by atoms with Crippen LogP contribution in [0.5, 0.6) is 0 Å². The van der Waals surface area contributed by atoms with E-state index >= 15 is 0 Å². The van der Waals surface area contributed by atoms with E-state index in [-0.39, 0.29) is 36.0 Å². The van der Waals surface area contributed by atoms with E-state index in [4.69, 9.17) is 9.73 Å². The molecule has 0 aliphatic carbocycles. The maximum absolute atomic E-state index is 12.5.